The van der Waals surface area contributed by atoms with Crippen molar-refractivity contribution in [2.75, 3.05) is 0 Å². The highest BCUT2D eigenvalue weighted by atomic mass is 19.4. The minimum absolute atomic E-state index is 0.0309. The van der Waals surface area contributed by atoms with Crippen molar-refractivity contribution in [3.05, 3.63) is 35.4 Å². The molecule has 0 aliphatic carbocycles. The third kappa shape index (κ3) is 4.07. The number of hydrogen-bond donors (Lipinski definition) is 2. The van der Waals surface area contributed by atoms with Crippen LogP contribution in [0.4, 0.5) is 13.2 Å². The summed E-state index contributed by atoms with van der Waals surface area (Å²) in [6.45, 7) is 0. The fourth-order valence-electron chi connectivity index (χ4n) is 1.33. The van der Waals surface area contributed by atoms with Gasteiger partial charge in [0.1, 0.15) is 6.04 Å². The molecule has 0 aliphatic rings. The minimum Gasteiger partial charge on any atom is -0.481 e. The summed E-state index contributed by atoms with van der Waals surface area (Å²) in [4.78, 5) is 10.3. The van der Waals surface area contributed by atoms with Gasteiger partial charge in [0.2, 0.25) is 0 Å². The summed E-state index contributed by atoms with van der Waals surface area (Å²) in [5.74, 6) is -0.943. The van der Waals surface area contributed by atoms with E-state index < -0.39 is 18.2 Å². The molecule has 17 heavy (non-hydrogen) atoms. The van der Waals surface area contributed by atoms with Crippen LogP contribution in [0.5, 0.6) is 0 Å². The molecule has 1 rings (SSSR count). The summed E-state index contributed by atoms with van der Waals surface area (Å²) in [7, 11) is 0. The van der Waals surface area contributed by atoms with Crippen LogP contribution in [0.15, 0.2) is 24.3 Å². The normalized spacial score (nSPS) is 13.4. The number of carboxylic acid groups (broad SMARTS) is 1. The van der Waals surface area contributed by atoms with Crippen molar-refractivity contribution < 1.29 is 23.1 Å². The molecule has 0 heterocycles. The summed E-state index contributed by atoms with van der Waals surface area (Å²) in [6.07, 6.45) is -4.23. The molecule has 0 radical (unpaired) electrons. The zero-order valence-electron chi connectivity index (χ0n) is 8.87. The number of nitrogens with two attached hydrogens (primary N) is 1. The molecule has 0 fully saturated rings. The maximum absolute atomic E-state index is 12.3. The van der Waals surface area contributed by atoms with Gasteiger partial charge in [0.15, 0.2) is 0 Å². The van der Waals surface area contributed by atoms with Crippen molar-refractivity contribution in [1.29, 1.82) is 0 Å². The predicted molar refractivity (Wildman–Crippen MR) is 55.4 cm³/mol. The quantitative estimate of drug-likeness (QED) is 0.857. The Morgan fingerprint density at radius 2 is 1.82 bits per heavy atom. The summed E-state index contributed by atoms with van der Waals surface area (Å²) in [5.41, 5.74) is 5.67. The fraction of sp³-hybridized carbons (Fsp3) is 0.364. The van der Waals surface area contributed by atoms with Crippen LogP contribution in [-0.4, -0.2) is 17.3 Å². The van der Waals surface area contributed by atoms with E-state index in [2.05, 4.69) is 0 Å². The molecule has 3 N–H and O–H groups in total. The first-order valence-electron chi connectivity index (χ1n) is 4.93. The zero-order chi connectivity index (χ0) is 13.1. The van der Waals surface area contributed by atoms with Crippen molar-refractivity contribution in [3.8, 4) is 0 Å². The van der Waals surface area contributed by atoms with Gasteiger partial charge in [-0.15, -0.1) is 0 Å². The van der Waals surface area contributed by atoms with Gasteiger partial charge in [-0.3, -0.25) is 4.79 Å². The lowest BCUT2D eigenvalue weighted by Crippen LogP contribution is -2.28. The van der Waals surface area contributed by atoms with E-state index in [1.165, 1.54) is 24.3 Å². The smallest absolute Gasteiger partial charge is 0.407 e. The number of aryl methyl sites for hydroxylation is 1. The topological polar surface area (TPSA) is 63.3 Å². The maximum atomic E-state index is 12.3. The zero-order valence-corrected chi connectivity index (χ0v) is 8.87. The number of aliphatic carboxylic acids is 1. The van der Waals surface area contributed by atoms with Crippen molar-refractivity contribution in [2.45, 2.75) is 25.1 Å². The van der Waals surface area contributed by atoms with Gasteiger partial charge in [0.25, 0.3) is 0 Å². The molecule has 1 unspecified atom stereocenters. The van der Waals surface area contributed by atoms with E-state index in [1.807, 2.05) is 0 Å². The van der Waals surface area contributed by atoms with Gasteiger partial charge in [-0.1, -0.05) is 24.3 Å². The summed E-state index contributed by atoms with van der Waals surface area (Å²) < 4.78 is 36.9. The highest BCUT2D eigenvalue weighted by Gasteiger charge is 2.37. The van der Waals surface area contributed by atoms with Crippen LogP contribution < -0.4 is 5.73 Å². The van der Waals surface area contributed by atoms with E-state index in [0.717, 1.165) is 0 Å². The fourth-order valence-corrected chi connectivity index (χ4v) is 1.33. The molecule has 0 aromatic heterocycles. The number of hydrogen-bond acceptors (Lipinski definition) is 2. The van der Waals surface area contributed by atoms with Gasteiger partial charge >= 0.3 is 12.1 Å². The Bertz CT molecular complexity index is 387. The standard InChI is InChI=1S/C11H12F3NO2/c12-11(13,14)10(15)8-4-1-7(2-5-8)3-6-9(16)17/h1-2,4-5,10H,3,6,15H2,(H,16,17). The molecule has 0 amide bonds. The number of alkyl halides is 3. The first-order valence-corrected chi connectivity index (χ1v) is 4.93. The van der Waals surface area contributed by atoms with Gasteiger partial charge in [-0.05, 0) is 17.5 Å². The van der Waals surface area contributed by atoms with Crippen LogP contribution in [0.2, 0.25) is 0 Å². The van der Waals surface area contributed by atoms with E-state index in [0.29, 0.717) is 5.56 Å². The highest BCUT2D eigenvalue weighted by molar-refractivity contribution is 5.67. The van der Waals surface area contributed by atoms with Crippen molar-refractivity contribution in [1.82, 2.24) is 0 Å². The molecule has 1 aromatic carbocycles. The first kappa shape index (κ1) is 13.5. The van der Waals surface area contributed by atoms with Crippen LogP contribution >= 0.6 is 0 Å². The largest absolute Gasteiger partial charge is 0.481 e. The highest BCUT2D eigenvalue weighted by Crippen LogP contribution is 2.30. The monoisotopic (exact) mass is 247 g/mol. The molecule has 0 saturated heterocycles. The Morgan fingerprint density at radius 1 is 1.29 bits per heavy atom. The first-order chi connectivity index (χ1) is 7.80. The molecular weight excluding hydrogens is 235 g/mol. The third-order valence-electron chi connectivity index (χ3n) is 2.32. The second kappa shape index (κ2) is 5.18. The van der Waals surface area contributed by atoms with Crippen LogP contribution in [0.3, 0.4) is 0 Å². The van der Waals surface area contributed by atoms with Gasteiger partial charge in [-0.2, -0.15) is 13.2 Å². The Labute approximate surface area is 96.0 Å². The molecule has 0 saturated carbocycles. The number of carbonyl (C=O) groups is 1. The summed E-state index contributed by atoms with van der Waals surface area (Å²) >= 11 is 0. The molecule has 3 nitrogen and oxygen atoms in total. The summed E-state index contributed by atoms with van der Waals surface area (Å²) in [5, 5.41) is 8.46. The van der Waals surface area contributed by atoms with Crippen molar-refractivity contribution in [3.63, 3.8) is 0 Å². The predicted octanol–water partition coefficient (Wildman–Crippen LogP) is 2.27. The van der Waals surface area contributed by atoms with E-state index in [4.69, 9.17) is 10.8 Å². The van der Waals surface area contributed by atoms with Crippen molar-refractivity contribution >= 4 is 5.97 Å². The van der Waals surface area contributed by atoms with Gasteiger partial charge in [0.05, 0.1) is 0 Å². The Hall–Kier alpha value is -1.56. The lowest BCUT2D eigenvalue weighted by molar-refractivity contribution is -0.149. The van der Waals surface area contributed by atoms with Gasteiger partial charge in [-0.25, -0.2) is 0 Å². The van der Waals surface area contributed by atoms with Crippen LogP contribution in [0.1, 0.15) is 23.6 Å². The molecule has 94 valence electrons. The van der Waals surface area contributed by atoms with E-state index in [9.17, 15) is 18.0 Å². The average Bonchev–Trinajstić information content (AvgIpc) is 2.25. The third-order valence-corrected chi connectivity index (χ3v) is 2.32. The van der Waals surface area contributed by atoms with Crippen molar-refractivity contribution in [2.24, 2.45) is 5.73 Å². The second-order valence-corrected chi connectivity index (χ2v) is 3.65. The van der Waals surface area contributed by atoms with E-state index in [1.54, 1.807) is 0 Å². The number of benzene rings is 1. The molecule has 0 bridgehead atoms. The molecule has 1 atom stereocenters. The van der Waals surface area contributed by atoms with Crippen LogP contribution in [0.25, 0.3) is 0 Å². The van der Waals surface area contributed by atoms with E-state index in [-0.39, 0.29) is 18.4 Å². The average molecular weight is 247 g/mol. The minimum atomic E-state index is -4.47. The molecule has 1 aromatic rings. The number of rotatable bonds is 4. The number of carboxylic acids is 1. The lowest BCUT2D eigenvalue weighted by atomic mass is 10.0. The Balaban J connectivity index is 2.71. The van der Waals surface area contributed by atoms with E-state index >= 15 is 0 Å². The van der Waals surface area contributed by atoms with Gasteiger partial charge < -0.3 is 10.8 Å². The SMILES string of the molecule is NC(c1ccc(CCC(=O)O)cc1)C(F)(F)F. The molecule has 6 heteroatoms. The van der Waals surface area contributed by atoms with Gasteiger partial charge in [0, 0.05) is 6.42 Å². The summed E-state index contributed by atoms with van der Waals surface area (Å²) in [6, 6.07) is 3.47. The lowest BCUT2D eigenvalue weighted by Gasteiger charge is -2.15. The maximum Gasteiger partial charge on any atom is 0.407 e. The number of halogens is 3. The van der Waals surface area contributed by atoms with Crippen LogP contribution in [-0.2, 0) is 11.2 Å². The molecular formula is C11H12F3NO2. The van der Waals surface area contributed by atoms with Crippen LogP contribution in [0, 0.1) is 0 Å². The Morgan fingerprint density at radius 3 is 2.24 bits per heavy atom. The molecule has 0 spiro atoms. The molecule has 0 aliphatic heterocycles. The second-order valence-electron chi connectivity index (χ2n) is 3.65. The Kier molecular flexibility index (Phi) is 4.11.